The quantitative estimate of drug-likeness (QED) is 0.738. The van der Waals surface area contributed by atoms with Crippen LogP contribution in [0.4, 0.5) is 13.2 Å². The maximum atomic E-state index is 12.6. The van der Waals surface area contributed by atoms with E-state index in [4.69, 9.17) is 11.6 Å². The Labute approximate surface area is 99.8 Å². The molecule has 0 aliphatic rings. The Morgan fingerprint density at radius 3 is 2.53 bits per heavy atom. The summed E-state index contributed by atoms with van der Waals surface area (Å²) >= 11 is 5.57. The summed E-state index contributed by atoms with van der Waals surface area (Å²) in [5.41, 5.74) is -0.185. The first kappa shape index (κ1) is 11.9. The predicted octanol–water partition coefficient (Wildman–Crippen LogP) is 3.15. The van der Waals surface area contributed by atoms with Crippen molar-refractivity contribution in [2.45, 2.75) is 6.18 Å². The molecule has 2 rings (SSSR count). The molecule has 0 fully saturated rings. The molecule has 2 aromatic rings. The van der Waals surface area contributed by atoms with Gasteiger partial charge in [-0.05, 0) is 12.1 Å². The first-order chi connectivity index (χ1) is 7.86. The van der Waals surface area contributed by atoms with Gasteiger partial charge in [-0.25, -0.2) is 4.98 Å². The topological polar surface area (TPSA) is 30.7 Å². The molecule has 2 heterocycles. The van der Waals surface area contributed by atoms with Gasteiger partial charge in [-0.1, -0.05) is 11.6 Å². The molecule has 0 atom stereocenters. The number of pyridine rings is 1. The maximum Gasteiger partial charge on any atom is 0.416 e. The van der Waals surface area contributed by atoms with Gasteiger partial charge in [0.05, 0.1) is 17.5 Å². The molecule has 7 heteroatoms. The molecular formula is C10H7ClF3N3. The molecule has 0 radical (unpaired) electrons. The fourth-order valence-corrected chi connectivity index (χ4v) is 1.57. The molecule has 0 saturated carbocycles. The minimum absolute atomic E-state index is 0.151. The van der Waals surface area contributed by atoms with Gasteiger partial charge in [-0.3, -0.25) is 4.68 Å². The number of hydrogen-bond acceptors (Lipinski definition) is 2. The standard InChI is InChI=1S/C10H7ClF3N3/c1-17-5-6(4-15-17)8-2-7(10(12,13)14)3-9(11)16-8/h2-5H,1H3. The Morgan fingerprint density at radius 1 is 1.29 bits per heavy atom. The Kier molecular flexibility index (Phi) is 2.82. The van der Waals surface area contributed by atoms with E-state index in [0.29, 0.717) is 5.56 Å². The third kappa shape index (κ3) is 2.58. The van der Waals surface area contributed by atoms with Crippen molar-refractivity contribution >= 4 is 11.6 Å². The van der Waals surface area contributed by atoms with E-state index in [1.807, 2.05) is 0 Å². The average molecular weight is 262 g/mol. The van der Waals surface area contributed by atoms with E-state index in [9.17, 15) is 13.2 Å². The molecule has 0 spiro atoms. The van der Waals surface area contributed by atoms with Crippen molar-refractivity contribution in [3.63, 3.8) is 0 Å². The average Bonchev–Trinajstić information content (AvgIpc) is 2.62. The van der Waals surface area contributed by atoms with Crippen molar-refractivity contribution in [2.75, 3.05) is 0 Å². The van der Waals surface area contributed by atoms with E-state index < -0.39 is 11.7 Å². The van der Waals surface area contributed by atoms with E-state index in [1.165, 1.54) is 10.9 Å². The molecule has 0 saturated heterocycles. The zero-order chi connectivity index (χ0) is 12.6. The molecule has 2 aromatic heterocycles. The van der Waals surface area contributed by atoms with E-state index in [0.717, 1.165) is 12.1 Å². The molecule has 0 N–H and O–H groups in total. The normalized spacial score (nSPS) is 11.8. The summed E-state index contributed by atoms with van der Waals surface area (Å²) in [5.74, 6) is 0. The second kappa shape index (κ2) is 4.03. The van der Waals surface area contributed by atoms with Gasteiger partial charge in [0.1, 0.15) is 5.15 Å². The molecule has 0 amide bonds. The van der Waals surface area contributed by atoms with Gasteiger partial charge in [0, 0.05) is 18.8 Å². The highest BCUT2D eigenvalue weighted by Crippen LogP contribution is 2.32. The predicted molar refractivity (Wildman–Crippen MR) is 56.5 cm³/mol. The van der Waals surface area contributed by atoms with E-state index in [1.54, 1.807) is 13.2 Å². The highest BCUT2D eigenvalue weighted by molar-refractivity contribution is 6.29. The lowest BCUT2D eigenvalue weighted by Crippen LogP contribution is -2.05. The van der Waals surface area contributed by atoms with Gasteiger partial charge in [0.2, 0.25) is 0 Å². The number of halogens is 4. The molecule has 90 valence electrons. The number of aromatic nitrogens is 3. The number of rotatable bonds is 1. The van der Waals surface area contributed by atoms with Crippen LogP contribution >= 0.6 is 11.6 Å². The monoisotopic (exact) mass is 261 g/mol. The van der Waals surface area contributed by atoms with Crippen LogP contribution in [0.15, 0.2) is 24.5 Å². The molecule has 0 bridgehead atoms. The van der Waals surface area contributed by atoms with Gasteiger partial charge >= 0.3 is 6.18 Å². The Morgan fingerprint density at radius 2 is 2.00 bits per heavy atom. The summed E-state index contributed by atoms with van der Waals surface area (Å²) in [6.07, 6.45) is -1.44. The lowest BCUT2D eigenvalue weighted by atomic mass is 10.1. The molecule has 3 nitrogen and oxygen atoms in total. The van der Waals surface area contributed by atoms with Crippen molar-refractivity contribution in [1.29, 1.82) is 0 Å². The second-order valence-electron chi connectivity index (χ2n) is 3.46. The molecule has 17 heavy (non-hydrogen) atoms. The van der Waals surface area contributed by atoms with Crippen molar-refractivity contribution in [2.24, 2.45) is 7.05 Å². The van der Waals surface area contributed by atoms with Gasteiger partial charge in [-0.15, -0.1) is 0 Å². The molecule has 0 aromatic carbocycles. The highest BCUT2D eigenvalue weighted by Gasteiger charge is 2.31. The van der Waals surface area contributed by atoms with E-state index >= 15 is 0 Å². The Bertz CT molecular complexity index is 548. The van der Waals surface area contributed by atoms with Gasteiger partial charge in [0.15, 0.2) is 0 Å². The number of nitrogens with zero attached hydrogens (tertiary/aromatic N) is 3. The van der Waals surface area contributed by atoms with Gasteiger partial charge < -0.3 is 0 Å². The van der Waals surface area contributed by atoms with Crippen molar-refractivity contribution in [3.05, 3.63) is 35.2 Å². The summed E-state index contributed by atoms with van der Waals surface area (Å²) in [7, 11) is 1.67. The van der Waals surface area contributed by atoms with Crippen LogP contribution in [0.2, 0.25) is 5.15 Å². The fraction of sp³-hybridized carbons (Fsp3) is 0.200. The first-order valence-electron chi connectivity index (χ1n) is 4.60. The molecular weight excluding hydrogens is 255 g/mol. The smallest absolute Gasteiger partial charge is 0.275 e. The highest BCUT2D eigenvalue weighted by atomic mass is 35.5. The third-order valence-corrected chi connectivity index (χ3v) is 2.32. The maximum absolute atomic E-state index is 12.6. The minimum Gasteiger partial charge on any atom is -0.275 e. The first-order valence-corrected chi connectivity index (χ1v) is 4.98. The van der Waals surface area contributed by atoms with Crippen molar-refractivity contribution < 1.29 is 13.2 Å². The minimum atomic E-state index is -4.44. The van der Waals surface area contributed by atoms with Crippen LogP contribution < -0.4 is 0 Å². The van der Waals surface area contributed by atoms with Gasteiger partial charge in [-0.2, -0.15) is 18.3 Å². The van der Waals surface area contributed by atoms with Crippen LogP contribution in [0.1, 0.15) is 5.56 Å². The molecule has 0 aliphatic carbocycles. The third-order valence-electron chi connectivity index (χ3n) is 2.12. The summed E-state index contributed by atoms with van der Waals surface area (Å²) in [6, 6.07) is 1.74. The summed E-state index contributed by atoms with van der Waals surface area (Å²) in [4.78, 5) is 3.84. The fourth-order valence-electron chi connectivity index (χ4n) is 1.36. The van der Waals surface area contributed by atoms with Crippen LogP contribution in [0.5, 0.6) is 0 Å². The van der Waals surface area contributed by atoms with E-state index in [-0.39, 0.29) is 10.8 Å². The largest absolute Gasteiger partial charge is 0.416 e. The van der Waals surface area contributed by atoms with E-state index in [2.05, 4.69) is 10.1 Å². The number of aryl methyl sites for hydroxylation is 1. The SMILES string of the molecule is Cn1cc(-c2cc(C(F)(F)F)cc(Cl)n2)cn1. The lowest BCUT2D eigenvalue weighted by Gasteiger charge is -2.08. The van der Waals surface area contributed by atoms with Crippen molar-refractivity contribution in [3.8, 4) is 11.3 Å². The zero-order valence-corrected chi connectivity index (χ0v) is 9.42. The van der Waals surface area contributed by atoms with Crippen LogP contribution in [0.25, 0.3) is 11.3 Å². The van der Waals surface area contributed by atoms with Crippen LogP contribution in [0.3, 0.4) is 0 Å². The molecule has 0 aliphatic heterocycles. The summed E-state index contributed by atoms with van der Waals surface area (Å²) < 4.78 is 39.2. The Hall–Kier alpha value is -1.56. The number of hydrogen-bond donors (Lipinski definition) is 0. The lowest BCUT2D eigenvalue weighted by molar-refractivity contribution is -0.137. The summed E-state index contributed by atoms with van der Waals surface area (Å²) in [5, 5.41) is 3.67. The van der Waals surface area contributed by atoms with Crippen LogP contribution in [0, 0.1) is 0 Å². The van der Waals surface area contributed by atoms with Gasteiger partial charge in [0.25, 0.3) is 0 Å². The molecule has 0 unspecified atom stereocenters. The van der Waals surface area contributed by atoms with Crippen LogP contribution in [-0.2, 0) is 13.2 Å². The van der Waals surface area contributed by atoms with Crippen molar-refractivity contribution in [1.82, 2.24) is 14.8 Å². The second-order valence-corrected chi connectivity index (χ2v) is 3.85. The number of alkyl halides is 3. The zero-order valence-electron chi connectivity index (χ0n) is 8.66. The van der Waals surface area contributed by atoms with Crippen LogP contribution in [-0.4, -0.2) is 14.8 Å². The Balaban J connectivity index is 2.52. The summed E-state index contributed by atoms with van der Waals surface area (Å²) in [6.45, 7) is 0.